The molecule has 1 unspecified atom stereocenters. The van der Waals surface area contributed by atoms with Gasteiger partial charge in [-0.25, -0.2) is 0 Å². The maximum absolute atomic E-state index is 12.4. The van der Waals surface area contributed by atoms with Gasteiger partial charge in [-0.05, 0) is 20.8 Å². The lowest BCUT2D eigenvalue weighted by Crippen LogP contribution is -2.48. The van der Waals surface area contributed by atoms with Crippen molar-refractivity contribution in [2.45, 2.75) is 45.1 Å². The second-order valence-electron chi connectivity index (χ2n) is 4.67. The summed E-state index contributed by atoms with van der Waals surface area (Å²) in [7, 11) is 0. The van der Waals surface area contributed by atoms with Gasteiger partial charge in [0.1, 0.15) is 5.54 Å². The van der Waals surface area contributed by atoms with E-state index in [4.69, 9.17) is 5.26 Å². The zero-order valence-corrected chi connectivity index (χ0v) is 10.4. The highest BCUT2D eigenvalue weighted by Gasteiger charge is 2.33. The normalized spacial score (nSPS) is 15.4. The van der Waals surface area contributed by atoms with Crippen LogP contribution in [0.4, 0.5) is 13.2 Å². The molecular formula is C11H15F3N4. The molecule has 0 aliphatic rings. The van der Waals surface area contributed by atoms with Crippen LogP contribution < -0.4 is 5.32 Å². The Balaban J connectivity index is 2.84. The molecule has 18 heavy (non-hydrogen) atoms. The van der Waals surface area contributed by atoms with E-state index in [9.17, 15) is 13.2 Å². The molecule has 0 saturated carbocycles. The summed E-state index contributed by atoms with van der Waals surface area (Å²) < 4.78 is 38.3. The van der Waals surface area contributed by atoms with E-state index in [-0.39, 0.29) is 12.6 Å². The Bertz CT molecular complexity index is 444. The third kappa shape index (κ3) is 3.74. The van der Waals surface area contributed by atoms with Gasteiger partial charge in [0.25, 0.3) is 0 Å². The number of nitrogens with zero attached hydrogens (tertiary/aromatic N) is 3. The van der Waals surface area contributed by atoms with Gasteiger partial charge in [-0.3, -0.25) is 10.00 Å². The fourth-order valence-electron chi connectivity index (χ4n) is 1.67. The average molecular weight is 260 g/mol. The summed E-state index contributed by atoms with van der Waals surface area (Å²) in [5.74, 6) is 0. The first-order chi connectivity index (χ1) is 8.16. The number of hydrogen-bond acceptors (Lipinski definition) is 3. The highest BCUT2D eigenvalue weighted by atomic mass is 19.4. The van der Waals surface area contributed by atoms with E-state index in [1.165, 1.54) is 0 Å². The third-order valence-corrected chi connectivity index (χ3v) is 2.29. The lowest BCUT2D eigenvalue weighted by atomic mass is 10.0. The molecule has 7 heteroatoms. The molecule has 100 valence electrons. The van der Waals surface area contributed by atoms with Crippen molar-refractivity contribution >= 4 is 0 Å². The Morgan fingerprint density at radius 3 is 2.50 bits per heavy atom. The van der Waals surface area contributed by atoms with Gasteiger partial charge >= 0.3 is 6.18 Å². The first-order valence-electron chi connectivity index (χ1n) is 5.45. The summed E-state index contributed by atoms with van der Waals surface area (Å²) in [5, 5.41) is 15.7. The van der Waals surface area contributed by atoms with Crippen molar-refractivity contribution in [1.29, 1.82) is 5.26 Å². The van der Waals surface area contributed by atoms with Crippen LogP contribution in [0, 0.1) is 11.3 Å². The van der Waals surface area contributed by atoms with E-state index in [0.29, 0.717) is 0 Å². The van der Waals surface area contributed by atoms with Crippen LogP contribution in [0.1, 0.15) is 26.3 Å². The molecule has 1 atom stereocenters. The number of nitriles is 1. The first kappa shape index (κ1) is 14.5. The van der Waals surface area contributed by atoms with E-state index >= 15 is 0 Å². The molecule has 0 aromatic carbocycles. The van der Waals surface area contributed by atoms with Gasteiger partial charge in [0.2, 0.25) is 0 Å². The van der Waals surface area contributed by atoms with Crippen LogP contribution in [-0.4, -0.2) is 21.4 Å². The maximum atomic E-state index is 12.4. The smallest absolute Gasteiger partial charge is 0.296 e. The molecule has 0 spiro atoms. The minimum Gasteiger partial charge on any atom is -0.296 e. The number of halogens is 3. The van der Waals surface area contributed by atoms with Crippen LogP contribution in [0.5, 0.6) is 0 Å². The fraction of sp³-hybridized carbons (Fsp3) is 0.636. The molecule has 0 bridgehead atoms. The topological polar surface area (TPSA) is 53.6 Å². The van der Waals surface area contributed by atoms with Crippen molar-refractivity contribution in [3.8, 4) is 6.07 Å². The zero-order valence-electron chi connectivity index (χ0n) is 10.4. The summed E-state index contributed by atoms with van der Waals surface area (Å²) in [4.78, 5) is 0. The Labute approximate surface area is 103 Å². The van der Waals surface area contributed by atoms with Crippen LogP contribution in [0.25, 0.3) is 0 Å². The molecular weight excluding hydrogens is 245 g/mol. The van der Waals surface area contributed by atoms with Crippen molar-refractivity contribution in [2.75, 3.05) is 0 Å². The molecule has 4 nitrogen and oxygen atoms in total. The van der Waals surface area contributed by atoms with Crippen molar-refractivity contribution in [2.24, 2.45) is 0 Å². The summed E-state index contributed by atoms with van der Waals surface area (Å²) in [6.07, 6.45) is -2.75. The third-order valence-electron chi connectivity index (χ3n) is 2.29. The van der Waals surface area contributed by atoms with Crippen LogP contribution in [0.2, 0.25) is 0 Å². The molecule has 1 aromatic heterocycles. The molecule has 0 aliphatic heterocycles. The molecule has 1 aromatic rings. The molecule has 0 amide bonds. The van der Waals surface area contributed by atoms with Crippen LogP contribution in [0.15, 0.2) is 12.4 Å². The van der Waals surface area contributed by atoms with E-state index < -0.39 is 17.3 Å². The van der Waals surface area contributed by atoms with Crippen LogP contribution >= 0.6 is 0 Å². The van der Waals surface area contributed by atoms with Crippen LogP contribution in [0.3, 0.4) is 0 Å². The standard InChI is InChI=1S/C11H15F3N4/c1-8(2)17-10(3,6-15)7-18-5-9(4-16-18)11(12,13)14/h4-5,8,17H,7H2,1-3H3. The zero-order chi connectivity index (χ0) is 14.0. The molecule has 1 N–H and O–H groups in total. The predicted octanol–water partition coefficient (Wildman–Crippen LogP) is 2.18. The van der Waals surface area contributed by atoms with Gasteiger partial charge in [-0.1, -0.05) is 0 Å². The Morgan fingerprint density at radius 1 is 1.50 bits per heavy atom. The van der Waals surface area contributed by atoms with Gasteiger partial charge in [0, 0.05) is 12.2 Å². The van der Waals surface area contributed by atoms with Crippen LogP contribution in [-0.2, 0) is 12.7 Å². The second kappa shape index (κ2) is 4.98. The van der Waals surface area contributed by atoms with Crippen molar-refractivity contribution in [3.05, 3.63) is 18.0 Å². The predicted molar refractivity (Wildman–Crippen MR) is 59.5 cm³/mol. The summed E-state index contributed by atoms with van der Waals surface area (Å²) in [5.41, 5.74) is -1.77. The number of aromatic nitrogens is 2. The largest absolute Gasteiger partial charge is 0.419 e. The van der Waals surface area contributed by atoms with Gasteiger partial charge in [0.15, 0.2) is 0 Å². The van der Waals surface area contributed by atoms with Gasteiger partial charge < -0.3 is 0 Å². The Kier molecular flexibility index (Phi) is 4.02. The van der Waals surface area contributed by atoms with E-state index in [1.54, 1.807) is 6.92 Å². The lowest BCUT2D eigenvalue weighted by molar-refractivity contribution is -0.137. The number of alkyl halides is 3. The molecule has 0 saturated heterocycles. The SMILES string of the molecule is CC(C)NC(C)(C#N)Cn1cc(C(F)(F)F)cn1. The Hall–Kier alpha value is -1.55. The van der Waals surface area contributed by atoms with Crippen molar-refractivity contribution in [3.63, 3.8) is 0 Å². The molecule has 0 aliphatic carbocycles. The van der Waals surface area contributed by atoms with Gasteiger partial charge in [-0.15, -0.1) is 0 Å². The summed E-state index contributed by atoms with van der Waals surface area (Å²) >= 11 is 0. The van der Waals surface area contributed by atoms with Gasteiger partial charge in [0.05, 0.1) is 24.4 Å². The highest BCUT2D eigenvalue weighted by molar-refractivity contribution is 5.10. The first-order valence-corrected chi connectivity index (χ1v) is 5.45. The minimum atomic E-state index is -4.41. The van der Waals surface area contributed by atoms with Crippen molar-refractivity contribution < 1.29 is 13.2 Å². The fourth-order valence-corrected chi connectivity index (χ4v) is 1.67. The maximum Gasteiger partial charge on any atom is 0.419 e. The van der Waals surface area contributed by atoms with E-state index in [1.807, 2.05) is 13.8 Å². The van der Waals surface area contributed by atoms with E-state index in [2.05, 4.69) is 16.5 Å². The number of hydrogen-bond donors (Lipinski definition) is 1. The monoisotopic (exact) mass is 260 g/mol. The number of rotatable bonds is 4. The summed E-state index contributed by atoms with van der Waals surface area (Å²) in [6, 6.07) is 2.10. The second-order valence-corrected chi connectivity index (χ2v) is 4.67. The Morgan fingerprint density at radius 2 is 2.11 bits per heavy atom. The highest BCUT2D eigenvalue weighted by Crippen LogP contribution is 2.28. The molecule has 0 radical (unpaired) electrons. The van der Waals surface area contributed by atoms with Crippen molar-refractivity contribution in [1.82, 2.24) is 15.1 Å². The summed E-state index contributed by atoms with van der Waals surface area (Å²) in [6.45, 7) is 5.40. The quantitative estimate of drug-likeness (QED) is 0.902. The average Bonchev–Trinajstić information content (AvgIpc) is 2.64. The van der Waals surface area contributed by atoms with Gasteiger partial charge in [-0.2, -0.15) is 23.5 Å². The van der Waals surface area contributed by atoms with E-state index in [0.717, 1.165) is 17.1 Å². The number of nitrogens with one attached hydrogen (secondary N) is 1. The molecule has 1 rings (SSSR count). The lowest BCUT2D eigenvalue weighted by Gasteiger charge is -2.25. The minimum absolute atomic E-state index is 0.0484. The molecule has 1 heterocycles. The molecule has 0 fully saturated rings.